The molecule has 1 heterocycles. The van der Waals surface area contributed by atoms with E-state index in [0.717, 1.165) is 5.56 Å². The highest BCUT2D eigenvalue weighted by atomic mass is 16.4. The van der Waals surface area contributed by atoms with Crippen molar-refractivity contribution in [3.05, 3.63) is 48.0 Å². The number of amides is 2. The number of rotatable bonds is 9. The fourth-order valence-corrected chi connectivity index (χ4v) is 2.89. The lowest BCUT2D eigenvalue weighted by atomic mass is 10.0. The second-order valence-electron chi connectivity index (χ2n) is 6.96. The van der Waals surface area contributed by atoms with Gasteiger partial charge in [-0.3, -0.25) is 4.79 Å². The summed E-state index contributed by atoms with van der Waals surface area (Å²) in [7, 11) is 1.83. The standard InChI is InChI=1S/C19H27N5O3/c1-13(2)17(18-23-20-12-24(18)3)22-19(27)21-15(9-10-16(25)26)11-14-7-5-4-6-8-14/h4-8,12-13,15,17H,9-11H2,1-3H3,(H,25,26)(H2,21,22,27). The first-order valence-corrected chi connectivity index (χ1v) is 9.03. The van der Waals surface area contributed by atoms with Gasteiger partial charge in [-0.15, -0.1) is 10.2 Å². The van der Waals surface area contributed by atoms with Crippen molar-refractivity contribution in [1.82, 2.24) is 25.4 Å². The highest BCUT2D eigenvalue weighted by molar-refractivity contribution is 5.75. The largest absolute Gasteiger partial charge is 0.481 e. The quantitative estimate of drug-likeness (QED) is 0.625. The molecule has 146 valence electrons. The second kappa shape index (κ2) is 9.70. The predicted octanol–water partition coefficient (Wildman–Crippen LogP) is 2.29. The number of aliphatic carboxylic acids is 1. The van der Waals surface area contributed by atoms with Crippen molar-refractivity contribution >= 4 is 12.0 Å². The highest BCUT2D eigenvalue weighted by Gasteiger charge is 2.24. The van der Waals surface area contributed by atoms with Gasteiger partial charge in [-0.25, -0.2) is 4.79 Å². The molecule has 0 aliphatic carbocycles. The lowest BCUT2D eigenvalue weighted by molar-refractivity contribution is -0.137. The zero-order chi connectivity index (χ0) is 19.8. The Morgan fingerprint density at radius 3 is 2.44 bits per heavy atom. The predicted molar refractivity (Wildman–Crippen MR) is 101 cm³/mol. The van der Waals surface area contributed by atoms with Crippen LogP contribution in [0, 0.1) is 5.92 Å². The SMILES string of the molecule is CC(C)C(NC(=O)NC(CCC(=O)O)Cc1ccccc1)c1nncn1C. The van der Waals surface area contributed by atoms with Crippen LogP contribution in [0.15, 0.2) is 36.7 Å². The van der Waals surface area contributed by atoms with Gasteiger partial charge >= 0.3 is 12.0 Å². The number of carboxylic acid groups (broad SMARTS) is 1. The van der Waals surface area contributed by atoms with Gasteiger partial charge < -0.3 is 20.3 Å². The summed E-state index contributed by atoms with van der Waals surface area (Å²) in [4.78, 5) is 23.5. The monoisotopic (exact) mass is 373 g/mol. The molecule has 0 saturated carbocycles. The summed E-state index contributed by atoms with van der Waals surface area (Å²) in [5, 5.41) is 22.8. The number of aryl methyl sites for hydroxylation is 1. The Labute approximate surface area is 159 Å². The van der Waals surface area contributed by atoms with Crippen LogP contribution in [-0.4, -0.2) is 37.9 Å². The normalized spacial score (nSPS) is 13.2. The van der Waals surface area contributed by atoms with E-state index in [-0.39, 0.29) is 30.5 Å². The van der Waals surface area contributed by atoms with E-state index >= 15 is 0 Å². The molecule has 0 fully saturated rings. The molecule has 0 aliphatic rings. The Morgan fingerprint density at radius 1 is 1.19 bits per heavy atom. The Kier molecular flexibility index (Phi) is 7.34. The van der Waals surface area contributed by atoms with Crippen molar-refractivity contribution < 1.29 is 14.7 Å². The van der Waals surface area contributed by atoms with Gasteiger partial charge in [0, 0.05) is 19.5 Å². The number of benzene rings is 1. The van der Waals surface area contributed by atoms with Crippen LogP contribution < -0.4 is 10.6 Å². The van der Waals surface area contributed by atoms with Crippen LogP contribution in [0.25, 0.3) is 0 Å². The van der Waals surface area contributed by atoms with Crippen molar-refractivity contribution in [2.24, 2.45) is 13.0 Å². The van der Waals surface area contributed by atoms with Crippen LogP contribution in [-0.2, 0) is 18.3 Å². The molecule has 0 aliphatic heterocycles. The highest BCUT2D eigenvalue weighted by Crippen LogP contribution is 2.19. The summed E-state index contributed by atoms with van der Waals surface area (Å²) in [5.41, 5.74) is 1.04. The number of carboxylic acids is 1. The molecule has 0 bridgehead atoms. The molecule has 2 unspecified atom stereocenters. The maximum absolute atomic E-state index is 12.6. The molecule has 1 aromatic carbocycles. The number of aromatic nitrogens is 3. The van der Waals surface area contributed by atoms with Crippen LogP contribution in [0.2, 0.25) is 0 Å². The summed E-state index contributed by atoms with van der Waals surface area (Å²) in [6.07, 6.45) is 2.51. The van der Waals surface area contributed by atoms with Crippen molar-refractivity contribution in [1.29, 1.82) is 0 Å². The number of nitrogens with zero attached hydrogens (tertiary/aromatic N) is 3. The summed E-state index contributed by atoms with van der Waals surface area (Å²) in [5.74, 6) is -0.0926. The van der Waals surface area contributed by atoms with Crippen LogP contribution in [0.1, 0.15) is 44.1 Å². The molecule has 1 aromatic heterocycles. The van der Waals surface area contributed by atoms with Crippen molar-refractivity contribution in [3.63, 3.8) is 0 Å². The minimum atomic E-state index is -0.880. The van der Waals surface area contributed by atoms with E-state index in [0.29, 0.717) is 18.7 Å². The second-order valence-corrected chi connectivity index (χ2v) is 6.96. The van der Waals surface area contributed by atoms with Crippen molar-refractivity contribution in [3.8, 4) is 0 Å². The third-order valence-corrected chi connectivity index (χ3v) is 4.34. The minimum absolute atomic E-state index is 0.00528. The molecule has 0 spiro atoms. The topological polar surface area (TPSA) is 109 Å². The van der Waals surface area contributed by atoms with Crippen LogP contribution in [0.5, 0.6) is 0 Å². The Bertz CT molecular complexity index is 745. The van der Waals surface area contributed by atoms with E-state index in [2.05, 4.69) is 20.8 Å². The lowest BCUT2D eigenvalue weighted by Gasteiger charge is -2.24. The molecule has 2 rings (SSSR count). The first kappa shape index (κ1) is 20.4. The Hall–Kier alpha value is -2.90. The van der Waals surface area contributed by atoms with Crippen molar-refractivity contribution in [2.45, 2.75) is 45.2 Å². The van der Waals surface area contributed by atoms with Gasteiger partial charge in [0.1, 0.15) is 6.33 Å². The van der Waals surface area contributed by atoms with E-state index < -0.39 is 5.97 Å². The molecule has 3 N–H and O–H groups in total. The molecule has 0 saturated heterocycles. The number of urea groups is 1. The first-order chi connectivity index (χ1) is 12.9. The zero-order valence-corrected chi connectivity index (χ0v) is 15.9. The lowest BCUT2D eigenvalue weighted by Crippen LogP contribution is -2.46. The fraction of sp³-hybridized carbons (Fsp3) is 0.474. The average molecular weight is 373 g/mol. The van der Waals surface area contributed by atoms with Crippen LogP contribution in [0.3, 0.4) is 0 Å². The molecule has 2 aromatic rings. The van der Waals surface area contributed by atoms with Gasteiger partial charge in [0.05, 0.1) is 6.04 Å². The smallest absolute Gasteiger partial charge is 0.315 e. The van der Waals surface area contributed by atoms with E-state index in [9.17, 15) is 9.59 Å². The summed E-state index contributed by atoms with van der Waals surface area (Å²) < 4.78 is 1.77. The number of hydrogen-bond acceptors (Lipinski definition) is 4. The molecule has 2 atom stereocenters. The molecule has 0 radical (unpaired) electrons. The summed E-state index contributed by atoms with van der Waals surface area (Å²) in [6, 6.07) is 8.77. The minimum Gasteiger partial charge on any atom is -0.481 e. The van der Waals surface area contributed by atoms with Gasteiger partial charge in [-0.2, -0.15) is 0 Å². The maximum Gasteiger partial charge on any atom is 0.315 e. The average Bonchev–Trinajstić information content (AvgIpc) is 3.04. The molecule has 8 nitrogen and oxygen atoms in total. The zero-order valence-electron chi connectivity index (χ0n) is 15.9. The summed E-state index contributed by atoms with van der Waals surface area (Å²) in [6.45, 7) is 3.98. The van der Waals surface area contributed by atoms with Crippen molar-refractivity contribution in [2.75, 3.05) is 0 Å². The number of carbonyl (C=O) groups is 2. The third kappa shape index (κ3) is 6.40. The molecule has 8 heteroatoms. The van der Waals surface area contributed by atoms with Gasteiger partial charge in [-0.1, -0.05) is 44.2 Å². The van der Waals surface area contributed by atoms with E-state index in [1.807, 2.05) is 51.2 Å². The molecule has 2 amide bonds. The van der Waals surface area contributed by atoms with Gasteiger partial charge in [0.25, 0.3) is 0 Å². The van der Waals surface area contributed by atoms with E-state index in [4.69, 9.17) is 5.11 Å². The fourth-order valence-electron chi connectivity index (χ4n) is 2.89. The first-order valence-electron chi connectivity index (χ1n) is 9.03. The van der Waals surface area contributed by atoms with Gasteiger partial charge in [0.15, 0.2) is 5.82 Å². The van der Waals surface area contributed by atoms with Crippen LogP contribution in [0.4, 0.5) is 4.79 Å². The Balaban J connectivity index is 2.04. The summed E-state index contributed by atoms with van der Waals surface area (Å²) >= 11 is 0. The molecule has 27 heavy (non-hydrogen) atoms. The third-order valence-electron chi connectivity index (χ3n) is 4.34. The van der Waals surface area contributed by atoms with Gasteiger partial charge in [0.2, 0.25) is 0 Å². The molecular weight excluding hydrogens is 346 g/mol. The Morgan fingerprint density at radius 2 is 1.89 bits per heavy atom. The van der Waals surface area contributed by atoms with E-state index in [1.165, 1.54) is 0 Å². The number of carbonyl (C=O) groups excluding carboxylic acids is 1. The number of nitrogens with one attached hydrogen (secondary N) is 2. The van der Waals surface area contributed by atoms with Gasteiger partial charge in [-0.05, 0) is 24.3 Å². The maximum atomic E-state index is 12.6. The molecular formula is C19H27N5O3. The van der Waals surface area contributed by atoms with E-state index in [1.54, 1.807) is 10.9 Å². The van der Waals surface area contributed by atoms with Crippen LogP contribution >= 0.6 is 0 Å². The number of hydrogen-bond donors (Lipinski definition) is 3.